The molecule has 1 aromatic rings. The smallest absolute Gasteiger partial charge is 0.144 e. The standard InChI is InChI=1S/C11H13BrFN/c12-10(8-1-2-8)4-3-9-5-6-14-7-11(9)13/h5-8,10H,1-4H2. The fraction of sp³-hybridized carbons (Fsp3) is 0.545. The molecular formula is C11H13BrFN. The van der Waals surface area contributed by atoms with Crippen LogP contribution in [0, 0.1) is 11.7 Å². The Labute approximate surface area is 91.9 Å². The first-order chi connectivity index (χ1) is 6.77. The summed E-state index contributed by atoms with van der Waals surface area (Å²) >= 11 is 3.65. The summed E-state index contributed by atoms with van der Waals surface area (Å²) in [5.41, 5.74) is 0.783. The minimum atomic E-state index is -0.178. The number of rotatable bonds is 4. The summed E-state index contributed by atoms with van der Waals surface area (Å²) in [5, 5.41) is 0. The van der Waals surface area contributed by atoms with Gasteiger partial charge in [-0.25, -0.2) is 4.39 Å². The molecule has 0 radical (unpaired) electrons. The third kappa shape index (κ3) is 2.53. The molecule has 0 bridgehead atoms. The molecule has 14 heavy (non-hydrogen) atoms. The van der Waals surface area contributed by atoms with Crippen molar-refractivity contribution in [2.75, 3.05) is 0 Å². The molecule has 1 fully saturated rings. The Hall–Kier alpha value is -0.440. The normalized spacial score (nSPS) is 18.1. The van der Waals surface area contributed by atoms with E-state index in [0.29, 0.717) is 4.83 Å². The number of pyridine rings is 1. The summed E-state index contributed by atoms with van der Waals surface area (Å²) in [7, 11) is 0. The van der Waals surface area contributed by atoms with Gasteiger partial charge in [-0.2, -0.15) is 0 Å². The van der Waals surface area contributed by atoms with E-state index in [1.807, 2.05) is 0 Å². The average molecular weight is 258 g/mol. The zero-order valence-corrected chi connectivity index (χ0v) is 9.50. The van der Waals surface area contributed by atoms with Crippen LogP contribution in [-0.4, -0.2) is 9.81 Å². The SMILES string of the molecule is Fc1cnccc1CCC(Br)C1CC1. The van der Waals surface area contributed by atoms with E-state index in [1.54, 1.807) is 12.3 Å². The lowest BCUT2D eigenvalue weighted by molar-refractivity contribution is 0.591. The summed E-state index contributed by atoms with van der Waals surface area (Å²) < 4.78 is 13.2. The van der Waals surface area contributed by atoms with Crippen molar-refractivity contribution in [2.45, 2.75) is 30.5 Å². The molecule has 1 atom stereocenters. The Morgan fingerprint density at radius 1 is 1.57 bits per heavy atom. The van der Waals surface area contributed by atoms with Crippen LogP contribution < -0.4 is 0 Å². The molecule has 3 heteroatoms. The number of hydrogen-bond acceptors (Lipinski definition) is 1. The number of nitrogens with zero attached hydrogens (tertiary/aromatic N) is 1. The molecule has 1 aliphatic carbocycles. The minimum absolute atomic E-state index is 0.178. The first-order valence-electron chi connectivity index (χ1n) is 5.00. The van der Waals surface area contributed by atoms with E-state index < -0.39 is 0 Å². The van der Waals surface area contributed by atoms with Gasteiger partial charge < -0.3 is 0 Å². The third-order valence-corrected chi connectivity index (χ3v) is 3.88. The Morgan fingerprint density at radius 2 is 2.36 bits per heavy atom. The second-order valence-corrected chi connectivity index (χ2v) is 5.04. The Kier molecular flexibility index (Phi) is 3.16. The number of aromatic nitrogens is 1. The topological polar surface area (TPSA) is 12.9 Å². The van der Waals surface area contributed by atoms with Gasteiger partial charge >= 0.3 is 0 Å². The van der Waals surface area contributed by atoms with E-state index in [1.165, 1.54) is 19.0 Å². The van der Waals surface area contributed by atoms with Crippen molar-refractivity contribution >= 4 is 15.9 Å². The first kappa shape index (κ1) is 10.1. The lowest BCUT2D eigenvalue weighted by atomic mass is 10.1. The van der Waals surface area contributed by atoms with Crippen molar-refractivity contribution < 1.29 is 4.39 Å². The number of hydrogen-bond donors (Lipinski definition) is 0. The van der Waals surface area contributed by atoms with Crippen LogP contribution in [0.5, 0.6) is 0 Å². The molecule has 1 unspecified atom stereocenters. The van der Waals surface area contributed by atoms with Crippen LogP contribution in [-0.2, 0) is 6.42 Å². The largest absolute Gasteiger partial charge is 0.262 e. The summed E-state index contributed by atoms with van der Waals surface area (Å²) in [6.45, 7) is 0. The van der Waals surface area contributed by atoms with E-state index >= 15 is 0 Å². The Bertz CT molecular complexity index is 312. The highest BCUT2D eigenvalue weighted by Gasteiger charge is 2.28. The van der Waals surface area contributed by atoms with Gasteiger partial charge in [-0.3, -0.25) is 4.98 Å². The first-order valence-corrected chi connectivity index (χ1v) is 5.91. The highest BCUT2D eigenvalue weighted by molar-refractivity contribution is 9.09. The van der Waals surface area contributed by atoms with Crippen molar-refractivity contribution in [2.24, 2.45) is 5.92 Å². The van der Waals surface area contributed by atoms with Gasteiger partial charge in [-0.05, 0) is 43.2 Å². The van der Waals surface area contributed by atoms with Crippen LogP contribution in [0.1, 0.15) is 24.8 Å². The van der Waals surface area contributed by atoms with E-state index in [0.717, 1.165) is 24.3 Å². The molecular weight excluding hydrogens is 245 g/mol. The van der Waals surface area contributed by atoms with Crippen LogP contribution in [0.15, 0.2) is 18.5 Å². The van der Waals surface area contributed by atoms with Crippen molar-refractivity contribution in [1.29, 1.82) is 0 Å². The van der Waals surface area contributed by atoms with Crippen molar-refractivity contribution in [3.63, 3.8) is 0 Å². The minimum Gasteiger partial charge on any atom is -0.262 e. The average Bonchev–Trinajstić information content (AvgIpc) is 2.99. The molecule has 76 valence electrons. The molecule has 0 saturated heterocycles. The lowest BCUT2D eigenvalue weighted by Gasteiger charge is -2.07. The van der Waals surface area contributed by atoms with Crippen LogP contribution in [0.25, 0.3) is 0 Å². The van der Waals surface area contributed by atoms with Gasteiger partial charge in [0.1, 0.15) is 5.82 Å². The van der Waals surface area contributed by atoms with Gasteiger partial charge in [0.05, 0.1) is 6.20 Å². The maximum absolute atomic E-state index is 13.2. The predicted octanol–water partition coefficient (Wildman–Crippen LogP) is 3.33. The Balaban J connectivity index is 1.87. The Morgan fingerprint density at radius 3 is 3.00 bits per heavy atom. The molecule has 1 saturated carbocycles. The van der Waals surface area contributed by atoms with Crippen LogP contribution >= 0.6 is 15.9 Å². The van der Waals surface area contributed by atoms with Crippen molar-refractivity contribution in [3.05, 3.63) is 29.8 Å². The monoisotopic (exact) mass is 257 g/mol. The van der Waals surface area contributed by atoms with E-state index in [-0.39, 0.29) is 5.82 Å². The van der Waals surface area contributed by atoms with Gasteiger partial charge in [0, 0.05) is 11.0 Å². The quantitative estimate of drug-likeness (QED) is 0.755. The molecule has 1 nitrogen and oxygen atoms in total. The van der Waals surface area contributed by atoms with Crippen LogP contribution in [0.3, 0.4) is 0 Å². The van der Waals surface area contributed by atoms with Gasteiger partial charge in [0.2, 0.25) is 0 Å². The maximum atomic E-state index is 13.2. The lowest BCUT2D eigenvalue weighted by Crippen LogP contribution is -2.03. The van der Waals surface area contributed by atoms with Crippen LogP contribution in [0.2, 0.25) is 0 Å². The van der Waals surface area contributed by atoms with Gasteiger partial charge in [0.25, 0.3) is 0 Å². The molecule has 0 amide bonds. The second kappa shape index (κ2) is 4.39. The molecule has 0 aromatic carbocycles. The molecule has 1 heterocycles. The van der Waals surface area contributed by atoms with E-state index in [2.05, 4.69) is 20.9 Å². The highest BCUT2D eigenvalue weighted by Crippen LogP contribution is 2.38. The van der Waals surface area contributed by atoms with Gasteiger partial charge in [-0.15, -0.1) is 0 Å². The number of alkyl halides is 1. The van der Waals surface area contributed by atoms with Crippen molar-refractivity contribution in [3.8, 4) is 0 Å². The summed E-state index contributed by atoms with van der Waals surface area (Å²) in [6, 6.07) is 1.77. The molecule has 1 aromatic heterocycles. The van der Waals surface area contributed by atoms with E-state index in [4.69, 9.17) is 0 Å². The van der Waals surface area contributed by atoms with Gasteiger partial charge in [-0.1, -0.05) is 15.9 Å². The van der Waals surface area contributed by atoms with E-state index in [9.17, 15) is 4.39 Å². The molecule has 0 N–H and O–H groups in total. The predicted molar refractivity (Wildman–Crippen MR) is 58.0 cm³/mol. The summed E-state index contributed by atoms with van der Waals surface area (Å²) in [5.74, 6) is 0.655. The summed E-state index contributed by atoms with van der Waals surface area (Å²) in [4.78, 5) is 4.30. The van der Waals surface area contributed by atoms with Crippen LogP contribution in [0.4, 0.5) is 4.39 Å². The zero-order chi connectivity index (χ0) is 9.97. The van der Waals surface area contributed by atoms with Gasteiger partial charge in [0.15, 0.2) is 0 Å². The van der Waals surface area contributed by atoms with Crippen molar-refractivity contribution in [1.82, 2.24) is 4.98 Å². The number of halogens is 2. The molecule has 0 aliphatic heterocycles. The fourth-order valence-electron chi connectivity index (χ4n) is 1.59. The second-order valence-electron chi connectivity index (χ2n) is 3.86. The molecule has 2 rings (SSSR count). The fourth-order valence-corrected chi connectivity index (χ4v) is 2.35. The molecule has 1 aliphatic rings. The number of aryl methyl sites for hydroxylation is 1. The molecule has 0 spiro atoms. The highest BCUT2D eigenvalue weighted by atomic mass is 79.9. The third-order valence-electron chi connectivity index (χ3n) is 2.68. The zero-order valence-electron chi connectivity index (χ0n) is 7.92. The maximum Gasteiger partial charge on any atom is 0.144 e. The summed E-state index contributed by atoms with van der Waals surface area (Å²) in [6.07, 6.45) is 7.42.